The number of para-hydroxylation sites is 1. The van der Waals surface area contributed by atoms with E-state index in [9.17, 15) is 9.59 Å². The largest absolute Gasteiger partial charge is 0.378 e. The maximum atomic E-state index is 13.4. The first kappa shape index (κ1) is 20.9. The molecule has 162 valence electrons. The first-order chi connectivity index (χ1) is 15.1. The van der Waals surface area contributed by atoms with Gasteiger partial charge < -0.3 is 25.3 Å². The zero-order valence-electron chi connectivity index (χ0n) is 17.9. The summed E-state index contributed by atoms with van der Waals surface area (Å²) in [5.41, 5.74) is 3.69. The number of morpholine rings is 1. The minimum atomic E-state index is -0.265. The van der Waals surface area contributed by atoms with Gasteiger partial charge in [0.25, 0.3) is 5.91 Å². The highest BCUT2D eigenvalue weighted by Crippen LogP contribution is 2.36. The number of aromatic amines is 1. The van der Waals surface area contributed by atoms with Gasteiger partial charge in [0.15, 0.2) is 0 Å². The van der Waals surface area contributed by atoms with Crippen LogP contribution in [0.3, 0.4) is 0 Å². The number of fused-ring (bicyclic) bond motifs is 1. The Morgan fingerprint density at radius 2 is 1.84 bits per heavy atom. The number of hydrogen-bond donors (Lipinski definition) is 3. The summed E-state index contributed by atoms with van der Waals surface area (Å²) in [6, 6.07) is 15.4. The number of urea groups is 1. The summed E-state index contributed by atoms with van der Waals surface area (Å²) >= 11 is 0. The minimum Gasteiger partial charge on any atom is -0.378 e. The van der Waals surface area contributed by atoms with Crippen LogP contribution in [0, 0.1) is 0 Å². The number of amides is 3. The number of carbonyl (C=O) groups excluding carboxylic acids is 2. The second-order valence-corrected chi connectivity index (χ2v) is 7.78. The molecule has 1 unspecified atom stereocenters. The molecule has 2 aromatic carbocycles. The van der Waals surface area contributed by atoms with E-state index >= 15 is 0 Å². The molecule has 1 aromatic heterocycles. The van der Waals surface area contributed by atoms with E-state index in [1.165, 1.54) is 0 Å². The van der Waals surface area contributed by atoms with Gasteiger partial charge in [0.2, 0.25) is 0 Å². The van der Waals surface area contributed by atoms with Crippen LogP contribution in [0.2, 0.25) is 0 Å². The molecule has 1 atom stereocenters. The summed E-state index contributed by atoms with van der Waals surface area (Å²) in [7, 11) is 0. The second kappa shape index (κ2) is 9.22. The number of rotatable bonds is 5. The van der Waals surface area contributed by atoms with E-state index in [4.69, 9.17) is 4.74 Å². The van der Waals surface area contributed by atoms with Crippen LogP contribution in [0.25, 0.3) is 22.0 Å². The van der Waals surface area contributed by atoms with E-state index in [1.54, 1.807) is 0 Å². The zero-order chi connectivity index (χ0) is 21.8. The molecule has 7 nitrogen and oxygen atoms in total. The summed E-state index contributed by atoms with van der Waals surface area (Å²) in [5, 5.41) is 6.74. The third kappa shape index (κ3) is 4.41. The van der Waals surface area contributed by atoms with Crippen LogP contribution in [-0.4, -0.2) is 54.2 Å². The molecule has 4 rings (SSSR count). The van der Waals surface area contributed by atoms with Gasteiger partial charge in [-0.1, -0.05) is 49.4 Å². The second-order valence-electron chi connectivity index (χ2n) is 7.78. The smallest absolute Gasteiger partial charge is 0.319 e. The van der Waals surface area contributed by atoms with Gasteiger partial charge >= 0.3 is 6.03 Å². The van der Waals surface area contributed by atoms with Crippen molar-refractivity contribution >= 4 is 28.5 Å². The summed E-state index contributed by atoms with van der Waals surface area (Å²) in [6.07, 6.45) is 0.844. The quantitative estimate of drug-likeness (QED) is 0.577. The lowest BCUT2D eigenvalue weighted by atomic mass is 10.0. The fraction of sp³-hybridized carbons (Fsp3) is 0.333. The minimum absolute atomic E-state index is 0.0617. The van der Waals surface area contributed by atoms with Gasteiger partial charge in [-0.2, -0.15) is 0 Å². The molecule has 3 amide bonds. The van der Waals surface area contributed by atoms with E-state index < -0.39 is 0 Å². The monoisotopic (exact) mass is 420 g/mol. The molecule has 0 saturated carbocycles. The molecule has 0 bridgehead atoms. The van der Waals surface area contributed by atoms with Crippen LogP contribution in [-0.2, 0) is 4.74 Å². The molecule has 3 aromatic rings. The first-order valence-electron chi connectivity index (χ1n) is 10.7. The lowest BCUT2D eigenvalue weighted by molar-refractivity contribution is 0.0300. The summed E-state index contributed by atoms with van der Waals surface area (Å²) in [6.45, 7) is 6.17. The number of anilines is 1. The van der Waals surface area contributed by atoms with Crippen molar-refractivity contribution in [2.24, 2.45) is 0 Å². The Morgan fingerprint density at radius 3 is 2.55 bits per heavy atom. The average molecular weight is 421 g/mol. The molecule has 1 saturated heterocycles. The number of ether oxygens (including phenoxy) is 1. The number of benzene rings is 2. The number of aromatic nitrogens is 1. The maximum Gasteiger partial charge on any atom is 0.319 e. The van der Waals surface area contributed by atoms with Crippen LogP contribution in [0.4, 0.5) is 10.5 Å². The average Bonchev–Trinajstić information content (AvgIpc) is 3.20. The summed E-state index contributed by atoms with van der Waals surface area (Å²) in [5.74, 6) is -0.0617. The van der Waals surface area contributed by atoms with E-state index in [1.807, 2.05) is 67.3 Å². The van der Waals surface area contributed by atoms with Crippen LogP contribution < -0.4 is 10.6 Å². The summed E-state index contributed by atoms with van der Waals surface area (Å²) in [4.78, 5) is 31.0. The van der Waals surface area contributed by atoms with Gasteiger partial charge in [0.1, 0.15) is 5.69 Å². The lowest BCUT2D eigenvalue weighted by Crippen LogP contribution is -2.41. The topological polar surface area (TPSA) is 86.5 Å². The SMILES string of the molecule is CCC(C)NC(=O)Nc1cccc2c(-c3ccccc3)c(C(=O)N3CCOCC3)[nH]c12. The Bertz CT molecular complexity index is 1070. The zero-order valence-corrected chi connectivity index (χ0v) is 17.9. The predicted octanol–water partition coefficient (Wildman–Crippen LogP) is 4.23. The Labute approximate surface area is 181 Å². The van der Waals surface area contributed by atoms with Crippen LogP contribution in [0.5, 0.6) is 0 Å². The standard InChI is InChI=1S/C24H28N4O3/c1-3-16(2)25-24(30)26-19-11-7-10-18-20(17-8-5-4-6-9-17)22(27-21(18)19)23(29)28-12-14-31-15-13-28/h4-11,16,27H,3,12-15H2,1-2H3,(H2,25,26,30). The fourth-order valence-electron chi connectivity index (χ4n) is 3.80. The van der Waals surface area contributed by atoms with Crippen molar-refractivity contribution < 1.29 is 14.3 Å². The molecule has 1 fully saturated rings. The molecule has 31 heavy (non-hydrogen) atoms. The Hall–Kier alpha value is -3.32. The highest BCUT2D eigenvalue weighted by Gasteiger charge is 2.26. The van der Waals surface area contributed by atoms with Crippen molar-refractivity contribution in [1.29, 1.82) is 0 Å². The van der Waals surface area contributed by atoms with Gasteiger partial charge in [-0.25, -0.2) is 4.79 Å². The number of H-pyrrole nitrogens is 1. The van der Waals surface area contributed by atoms with Crippen LogP contribution in [0.1, 0.15) is 30.8 Å². The highest BCUT2D eigenvalue weighted by atomic mass is 16.5. The number of nitrogens with one attached hydrogen (secondary N) is 3. The van der Waals surface area contributed by atoms with Crippen molar-refractivity contribution in [2.75, 3.05) is 31.6 Å². The van der Waals surface area contributed by atoms with Gasteiger partial charge in [-0.05, 0) is 25.0 Å². The van der Waals surface area contributed by atoms with Crippen LogP contribution in [0.15, 0.2) is 48.5 Å². The van der Waals surface area contributed by atoms with Gasteiger partial charge in [-0.15, -0.1) is 0 Å². The van der Waals surface area contributed by atoms with Crippen molar-refractivity contribution in [2.45, 2.75) is 26.3 Å². The van der Waals surface area contributed by atoms with E-state index in [0.717, 1.165) is 28.5 Å². The Balaban J connectivity index is 1.78. The molecule has 0 radical (unpaired) electrons. The highest BCUT2D eigenvalue weighted by molar-refractivity contribution is 6.13. The van der Waals surface area contributed by atoms with Crippen molar-refractivity contribution in [1.82, 2.24) is 15.2 Å². The third-order valence-corrected chi connectivity index (χ3v) is 5.65. The molecule has 3 N–H and O–H groups in total. The van der Waals surface area contributed by atoms with Crippen molar-refractivity contribution in [3.05, 3.63) is 54.2 Å². The van der Waals surface area contributed by atoms with Gasteiger partial charge in [-0.3, -0.25) is 4.79 Å². The van der Waals surface area contributed by atoms with Crippen LogP contribution >= 0.6 is 0 Å². The summed E-state index contributed by atoms with van der Waals surface area (Å²) < 4.78 is 5.40. The Morgan fingerprint density at radius 1 is 1.10 bits per heavy atom. The maximum absolute atomic E-state index is 13.4. The molecule has 0 spiro atoms. The molecule has 0 aliphatic carbocycles. The fourth-order valence-corrected chi connectivity index (χ4v) is 3.80. The van der Waals surface area contributed by atoms with E-state index in [0.29, 0.717) is 37.7 Å². The van der Waals surface area contributed by atoms with E-state index in [2.05, 4.69) is 15.6 Å². The normalized spacial score (nSPS) is 15.0. The predicted molar refractivity (Wildman–Crippen MR) is 122 cm³/mol. The van der Waals surface area contributed by atoms with Gasteiger partial charge in [0, 0.05) is 30.1 Å². The molecular formula is C24H28N4O3. The first-order valence-corrected chi connectivity index (χ1v) is 10.7. The Kier molecular flexibility index (Phi) is 6.23. The number of nitrogens with zero attached hydrogens (tertiary/aromatic N) is 1. The molecular weight excluding hydrogens is 392 g/mol. The molecule has 1 aliphatic rings. The number of hydrogen-bond acceptors (Lipinski definition) is 3. The molecule has 7 heteroatoms. The number of carbonyl (C=O) groups is 2. The van der Waals surface area contributed by atoms with E-state index in [-0.39, 0.29) is 18.0 Å². The third-order valence-electron chi connectivity index (χ3n) is 5.65. The lowest BCUT2D eigenvalue weighted by Gasteiger charge is -2.26. The van der Waals surface area contributed by atoms with Crippen molar-refractivity contribution in [3.63, 3.8) is 0 Å². The van der Waals surface area contributed by atoms with Gasteiger partial charge in [0.05, 0.1) is 24.4 Å². The molecule has 2 heterocycles. The van der Waals surface area contributed by atoms with Crippen molar-refractivity contribution in [3.8, 4) is 11.1 Å². The molecule has 1 aliphatic heterocycles.